The quantitative estimate of drug-likeness (QED) is 0.522. The van der Waals surface area contributed by atoms with E-state index < -0.39 is 18.2 Å². The molecule has 1 rings (SSSR count). The SMILES string of the molecule is CN1C[C@@H](O)[C@H](O)[C@H]1C(=O)NC(C)(C)C. The van der Waals surface area contributed by atoms with Gasteiger partial charge < -0.3 is 15.5 Å². The summed E-state index contributed by atoms with van der Waals surface area (Å²) in [6.07, 6.45) is -1.84. The second-order valence-corrected chi connectivity index (χ2v) is 5.18. The van der Waals surface area contributed by atoms with Crippen molar-refractivity contribution in [3.63, 3.8) is 0 Å². The normalized spacial score (nSPS) is 33.1. The zero-order valence-electron chi connectivity index (χ0n) is 9.69. The first kappa shape index (κ1) is 12.4. The number of likely N-dealkylation sites (N-methyl/N-ethyl adjacent to an activating group) is 1. The molecule has 3 atom stereocenters. The highest BCUT2D eigenvalue weighted by Gasteiger charge is 2.42. The Morgan fingerprint density at radius 2 is 1.93 bits per heavy atom. The highest BCUT2D eigenvalue weighted by molar-refractivity contribution is 5.83. The molecule has 88 valence electrons. The molecule has 0 aromatic rings. The molecular weight excluding hydrogens is 196 g/mol. The Kier molecular flexibility index (Phi) is 3.38. The summed E-state index contributed by atoms with van der Waals surface area (Å²) >= 11 is 0. The van der Waals surface area contributed by atoms with Gasteiger partial charge in [0.1, 0.15) is 12.1 Å². The van der Waals surface area contributed by atoms with Gasteiger partial charge >= 0.3 is 0 Å². The van der Waals surface area contributed by atoms with Crippen LogP contribution in [0.2, 0.25) is 0 Å². The number of nitrogens with one attached hydrogen (secondary N) is 1. The summed E-state index contributed by atoms with van der Waals surface area (Å²) in [5.74, 6) is -0.242. The molecule has 1 saturated heterocycles. The number of aliphatic hydroxyl groups excluding tert-OH is 2. The van der Waals surface area contributed by atoms with E-state index in [1.165, 1.54) is 0 Å². The van der Waals surface area contributed by atoms with Gasteiger partial charge in [0.15, 0.2) is 0 Å². The van der Waals surface area contributed by atoms with Gasteiger partial charge in [-0.2, -0.15) is 0 Å². The smallest absolute Gasteiger partial charge is 0.240 e. The summed E-state index contributed by atoms with van der Waals surface area (Å²) < 4.78 is 0. The highest BCUT2D eigenvalue weighted by Crippen LogP contribution is 2.17. The Balaban J connectivity index is 2.67. The van der Waals surface area contributed by atoms with E-state index in [0.717, 1.165) is 0 Å². The first-order chi connectivity index (χ1) is 6.72. The number of amides is 1. The molecule has 0 aromatic carbocycles. The fraction of sp³-hybridized carbons (Fsp3) is 0.900. The van der Waals surface area contributed by atoms with E-state index in [9.17, 15) is 15.0 Å². The molecule has 5 heteroatoms. The standard InChI is InChI=1S/C10H20N2O3/c1-10(2,3)11-9(15)7-8(14)6(13)5-12(7)4/h6-8,13-14H,5H2,1-4H3,(H,11,15)/t6-,7+,8+/m1/s1. The predicted molar refractivity (Wildman–Crippen MR) is 56.3 cm³/mol. The van der Waals surface area contributed by atoms with E-state index in [-0.39, 0.29) is 11.4 Å². The molecular formula is C10H20N2O3. The molecule has 0 aliphatic carbocycles. The molecule has 0 radical (unpaired) electrons. The monoisotopic (exact) mass is 216 g/mol. The maximum absolute atomic E-state index is 11.8. The van der Waals surface area contributed by atoms with Gasteiger partial charge in [-0.1, -0.05) is 0 Å². The average Bonchev–Trinajstić information content (AvgIpc) is 2.22. The first-order valence-corrected chi connectivity index (χ1v) is 5.11. The lowest BCUT2D eigenvalue weighted by molar-refractivity contribution is -0.129. The third kappa shape index (κ3) is 2.90. The summed E-state index contributed by atoms with van der Waals surface area (Å²) in [4.78, 5) is 13.5. The molecule has 0 bridgehead atoms. The van der Waals surface area contributed by atoms with Gasteiger partial charge in [-0.3, -0.25) is 9.69 Å². The number of rotatable bonds is 1. The van der Waals surface area contributed by atoms with Crippen molar-refractivity contribution < 1.29 is 15.0 Å². The molecule has 1 aliphatic rings. The van der Waals surface area contributed by atoms with Crippen LogP contribution in [0, 0.1) is 0 Å². The maximum Gasteiger partial charge on any atom is 0.240 e. The van der Waals surface area contributed by atoms with Crippen molar-refractivity contribution in [2.45, 2.75) is 44.6 Å². The lowest BCUT2D eigenvalue weighted by Crippen LogP contribution is -2.52. The number of nitrogens with zero attached hydrogens (tertiary/aromatic N) is 1. The van der Waals surface area contributed by atoms with Crippen LogP contribution < -0.4 is 5.32 Å². The average molecular weight is 216 g/mol. The zero-order chi connectivity index (χ0) is 11.8. The number of hydrogen-bond donors (Lipinski definition) is 3. The van der Waals surface area contributed by atoms with Crippen LogP contribution in [0.5, 0.6) is 0 Å². The topological polar surface area (TPSA) is 72.8 Å². The second-order valence-electron chi connectivity index (χ2n) is 5.18. The fourth-order valence-electron chi connectivity index (χ4n) is 1.79. The van der Waals surface area contributed by atoms with E-state index >= 15 is 0 Å². The van der Waals surface area contributed by atoms with Crippen molar-refractivity contribution in [3.8, 4) is 0 Å². The molecule has 3 N–H and O–H groups in total. The maximum atomic E-state index is 11.8. The molecule has 0 unspecified atom stereocenters. The number of aliphatic hydroxyl groups is 2. The molecule has 0 saturated carbocycles. The van der Waals surface area contributed by atoms with Crippen LogP contribution in [0.25, 0.3) is 0 Å². The summed E-state index contributed by atoms with van der Waals surface area (Å²) in [6.45, 7) is 5.96. The van der Waals surface area contributed by atoms with Crippen LogP contribution >= 0.6 is 0 Å². The Bertz CT molecular complexity index is 250. The van der Waals surface area contributed by atoms with Crippen LogP contribution in [0.15, 0.2) is 0 Å². The Morgan fingerprint density at radius 1 is 1.40 bits per heavy atom. The number of β-amino-alcohol motifs (C(OH)–C–C–N with tert-alkyl or cyclic N) is 1. The minimum absolute atomic E-state index is 0.242. The van der Waals surface area contributed by atoms with Crippen molar-refractivity contribution in [2.75, 3.05) is 13.6 Å². The van der Waals surface area contributed by atoms with Crippen LogP contribution in [0.1, 0.15) is 20.8 Å². The lowest BCUT2D eigenvalue weighted by Gasteiger charge is -2.27. The second kappa shape index (κ2) is 4.08. The van der Waals surface area contributed by atoms with Gasteiger partial charge in [0.05, 0.1) is 6.10 Å². The summed E-state index contributed by atoms with van der Waals surface area (Å²) in [7, 11) is 1.71. The highest BCUT2D eigenvalue weighted by atomic mass is 16.3. The van der Waals surface area contributed by atoms with Crippen LogP contribution in [-0.2, 0) is 4.79 Å². The van der Waals surface area contributed by atoms with Crippen molar-refractivity contribution in [1.82, 2.24) is 10.2 Å². The summed E-state index contributed by atoms with van der Waals surface area (Å²) in [5.41, 5.74) is -0.328. The third-order valence-corrected chi connectivity index (χ3v) is 2.43. The molecule has 0 spiro atoms. The Labute approximate surface area is 90.1 Å². The van der Waals surface area contributed by atoms with Gasteiger partial charge in [0, 0.05) is 12.1 Å². The number of hydrogen-bond acceptors (Lipinski definition) is 4. The van der Waals surface area contributed by atoms with Crippen LogP contribution in [0.4, 0.5) is 0 Å². The van der Waals surface area contributed by atoms with Gasteiger partial charge in [-0.25, -0.2) is 0 Å². The zero-order valence-corrected chi connectivity index (χ0v) is 9.69. The molecule has 1 aliphatic heterocycles. The molecule has 15 heavy (non-hydrogen) atoms. The van der Waals surface area contributed by atoms with Crippen molar-refractivity contribution >= 4 is 5.91 Å². The largest absolute Gasteiger partial charge is 0.389 e. The summed E-state index contributed by atoms with van der Waals surface area (Å²) in [5, 5.41) is 21.8. The van der Waals surface area contributed by atoms with Crippen molar-refractivity contribution in [2.24, 2.45) is 0 Å². The van der Waals surface area contributed by atoms with Gasteiger partial charge in [-0.05, 0) is 27.8 Å². The van der Waals surface area contributed by atoms with E-state index in [1.54, 1.807) is 11.9 Å². The van der Waals surface area contributed by atoms with Crippen molar-refractivity contribution in [3.05, 3.63) is 0 Å². The van der Waals surface area contributed by atoms with Gasteiger partial charge in [0.2, 0.25) is 5.91 Å². The van der Waals surface area contributed by atoms with E-state index in [2.05, 4.69) is 5.32 Å². The minimum atomic E-state index is -1.00. The van der Waals surface area contributed by atoms with Crippen LogP contribution in [0.3, 0.4) is 0 Å². The summed E-state index contributed by atoms with van der Waals surface area (Å²) in [6, 6.07) is -0.653. The molecule has 0 aromatic heterocycles. The van der Waals surface area contributed by atoms with Crippen LogP contribution in [-0.4, -0.2) is 58.4 Å². The molecule has 1 heterocycles. The van der Waals surface area contributed by atoms with E-state index in [0.29, 0.717) is 6.54 Å². The Hall–Kier alpha value is -0.650. The van der Waals surface area contributed by atoms with Gasteiger partial charge in [0.25, 0.3) is 0 Å². The lowest BCUT2D eigenvalue weighted by atomic mass is 10.1. The number of likely N-dealkylation sites (tertiary alicyclic amines) is 1. The molecule has 1 amide bonds. The van der Waals surface area contributed by atoms with Gasteiger partial charge in [-0.15, -0.1) is 0 Å². The minimum Gasteiger partial charge on any atom is -0.389 e. The van der Waals surface area contributed by atoms with E-state index in [4.69, 9.17) is 0 Å². The number of carbonyl (C=O) groups is 1. The molecule has 5 nitrogen and oxygen atoms in total. The van der Waals surface area contributed by atoms with E-state index in [1.807, 2.05) is 20.8 Å². The third-order valence-electron chi connectivity index (χ3n) is 2.43. The van der Waals surface area contributed by atoms with Crippen molar-refractivity contribution in [1.29, 1.82) is 0 Å². The Morgan fingerprint density at radius 3 is 2.27 bits per heavy atom. The molecule has 1 fully saturated rings. The number of carbonyl (C=O) groups excluding carboxylic acids is 1. The first-order valence-electron chi connectivity index (χ1n) is 5.11. The fourth-order valence-corrected chi connectivity index (χ4v) is 1.79. The predicted octanol–water partition coefficient (Wildman–Crippen LogP) is -1.06.